The molecule has 0 fully saturated rings. The van der Waals surface area contributed by atoms with E-state index in [1.54, 1.807) is 12.1 Å². The Morgan fingerprint density at radius 3 is 2.38 bits per heavy atom. The summed E-state index contributed by atoms with van der Waals surface area (Å²) in [6, 6.07) is 15.0. The number of hydrogen-bond acceptors (Lipinski definition) is 3. The maximum Gasteiger partial charge on any atom is 0.121 e. The maximum atomic E-state index is 9.52. The van der Waals surface area contributed by atoms with Gasteiger partial charge in [0.1, 0.15) is 12.4 Å². The van der Waals surface area contributed by atoms with E-state index in [-0.39, 0.29) is 12.4 Å². The Morgan fingerprint density at radius 1 is 0.938 bits per heavy atom. The van der Waals surface area contributed by atoms with Crippen molar-refractivity contribution in [2.24, 2.45) is 0 Å². The Labute approximate surface area is 93.5 Å². The van der Waals surface area contributed by atoms with Crippen LogP contribution in [-0.2, 0) is 11.5 Å². The van der Waals surface area contributed by atoms with Crippen LogP contribution >= 0.6 is 0 Å². The second-order valence-electron chi connectivity index (χ2n) is 3.48. The summed E-state index contributed by atoms with van der Waals surface area (Å²) in [6.45, 7) is -0.0213. The van der Waals surface area contributed by atoms with E-state index in [4.69, 9.17) is 5.26 Å². The largest absolute Gasteiger partial charge is 0.508 e. The zero-order valence-electron chi connectivity index (χ0n) is 8.63. The summed E-state index contributed by atoms with van der Waals surface area (Å²) >= 11 is 0. The van der Waals surface area contributed by atoms with E-state index in [1.165, 1.54) is 0 Å². The molecule has 2 rings (SSSR count). The lowest BCUT2D eigenvalue weighted by Crippen LogP contribution is -1.89. The van der Waals surface area contributed by atoms with Crippen molar-refractivity contribution < 1.29 is 15.3 Å². The predicted molar refractivity (Wildman–Crippen MR) is 61.0 cm³/mol. The molecule has 0 heterocycles. The molecule has 2 N–H and O–H groups in total. The molecule has 0 aliphatic carbocycles. The Hall–Kier alpha value is -1.84. The third kappa shape index (κ3) is 2.21. The minimum Gasteiger partial charge on any atom is -0.508 e. The topological polar surface area (TPSA) is 49.7 Å². The van der Waals surface area contributed by atoms with E-state index in [2.05, 4.69) is 4.89 Å². The van der Waals surface area contributed by atoms with Crippen LogP contribution in [0.15, 0.2) is 48.5 Å². The molecule has 3 nitrogen and oxygen atoms in total. The number of phenolic OH excluding ortho intramolecular Hbond substituents is 1. The zero-order chi connectivity index (χ0) is 11.4. The van der Waals surface area contributed by atoms with Crippen molar-refractivity contribution in [2.45, 2.75) is 6.61 Å². The smallest absolute Gasteiger partial charge is 0.121 e. The van der Waals surface area contributed by atoms with Gasteiger partial charge in [0, 0.05) is 5.56 Å². The molecule has 0 saturated carbocycles. The molecule has 16 heavy (non-hydrogen) atoms. The molecular formula is C13H12O3. The first-order valence-corrected chi connectivity index (χ1v) is 4.95. The van der Waals surface area contributed by atoms with E-state index >= 15 is 0 Å². The van der Waals surface area contributed by atoms with E-state index < -0.39 is 0 Å². The molecule has 0 aliphatic rings. The molecule has 2 aromatic carbocycles. The van der Waals surface area contributed by atoms with E-state index in [9.17, 15) is 5.11 Å². The molecule has 0 amide bonds. The third-order valence-corrected chi connectivity index (χ3v) is 2.41. The highest BCUT2D eigenvalue weighted by atomic mass is 17.1. The molecule has 2 aromatic rings. The number of phenols is 1. The molecule has 0 spiro atoms. The molecule has 0 aliphatic heterocycles. The van der Waals surface area contributed by atoms with Crippen molar-refractivity contribution in [3.63, 3.8) is 0 Å². The van der Waals surface area contributed by atoms with Gasteiger partial charge >= 0.3 is 0 Å². The average Bonchev–Trinajstić information content (AvgIpc) is 2.33. The summed E-state index contributed by atoms with van der Waals surface area (Å²) in [5.41, 5.74) is 2.59. The lowest BCUT2D eigenvalue weighted by Gasteiger charge is -2.06. The molecular weight excluding hydrogens is 204 g/mol. The molecule has 0 atom stereocenters. The van der Waals surface area contributed by atoms with Gasteiger partial charge in [-0.1, -0.05) is 36.4 Å². The van der Waals surface area contributed by atoms with Crippen LogP contribution in [0.5, 0.6) is 5.75 Å². The van der Waals surface area contributed by atoms with Crippen LogP contribution in [0.4, 0.5) is 0 Å². The summed E-state index contributed by atoms with van der Waals surface area (Å²) in [4.78, 5) is 4.04. The van der Waals surface area contributed by atoms with Crippen molar-refractivity contribution in [1.29, 1.82) is 0 Å². The SMILES string of the molecule is OOCc1cc(-c2ccccc2)ccc1O. The third-order valence-electron chi connectivity index (χ3n) is 2.41. The Balaban J connectivity index is 2.40. The zero-order valence-corrected chi connectivity index (χ0v) is 8.63. The quantitative estimate of drug-likeness (QED) is 0.612. The van der Waals surface area contributed by atoms with Crippen LogP contribution < -0.4 is 0 Å². The minimum atomic E-state index is -0.0213. The summed E-state index contributed by atoms with van der Waals surface area (Å²) < 4.78 is 0. The first kappa shape index (κ1) is 10.7. The van der Waals surface area contributed by atoms with Gasteiger partial charge in [0.25, 0.3) is 0 Å². The van der Waals surface area contributed by atoms with Gasteiger partial charge in [-0.2, -0.15) is 0 Å². The Bertz CT molecular complexity index is 466. The van der Waals surface area contributed by atoms with Crippen LogP contribution in [0.25, 0.3) is 11.1 Å². The summed E-state index contributed by atoms with van der Waals surface area (Å²) in [5.74, 6) is 0.119. The molecule has 0 radical (unpaired) electrons. The van der Waals surface area contributed by atoms with Gasteiger partial charge in [0.2, 0.25) is 0 Å². The number of hydrogen-bond donors (Lipinski definition) is 2. The fourth-order valence-electron chi connectivity index (χ4n) is 1.58. The van der Waals surface area contributed by atoms with Crippen molar-refractivity contribution in [3.05, 3.63) is 54.1 Å². The number of aromatic hydroxyl groups is 1. The highest BCUT2D eigenvalue weighted by Gasteiger charge is 2.04. The van der Waals surface area contributed by atoms with E-state index in [1.807, 2.05) is 36.4 Å². The van der Waals surface area contributed by atoms with Crippen LogP contribution in [0.2, 0.25) is 0 Å². The number of benzene rings is 2. The summed E-state index contributed by atoms with van der Waals surface area (Å²) in [7, 11) is 0. The Morgan fingerprint density at radius 2 is 1.69 bits per heavy atom. The molecule has 3 heteroatoms. The van der Waals surface area contributed by atoms with Crippen molar-refractivity contribution in [3.8, 4) is 16.9 Å². The predicted octanol–water partition coefficient (Wildman–Crippen LogP) is 3.05. The van der Waals surface area contributed by atoms with Gasteiger partial charge < -0.3 is 5.11 Å². The van der Waals surface area contributed by atoms with Crippen molar-refractivity contribution in [2.75, 3.05) is 0 Å². The monoisotopic (exact) mass is 216 g/mol. The van der Waals surface area contributed by atoms with E-state index in [0.29, 0.717) is 5.56 Å². The van der Waals surface area contributed by atoms with Gasteiger partial charge in [-0.25, -0.2) is 4.89 Å². The first-order chi connectivity index (χ1) is 7.81. The average molecular weight is 216 g/mol. The van der Waals surface area contributed by atoms with Gasteiger partial charge in [-0.05, 0) is 23.3 Å². The van der Waals surface area contributed by atoms with Gasteiger partial charge in [0.05, 0.1) is 0 Å². The lowest BCUT2D eigenvalue weighted by atomic mass is 10.0. The fourth-order valence-corrected chi connectivity index (χ4v) is 1.58. The van der Waals surface area contributed by atoms with E-state index in [0.717, 1.165) is 11.1 Å². The molecule has 0 unspecified atom stereocenters. The van der Waals surface area contributed by atoms with Crippen molar-refractivity contribution in [1.82, 2.24) is 0 Å². The molecule has 0 bridgehead atoms. The second-order valence-corrected chi connectivity index (χ2v) is 3.48. The molecule has 0 aromatic heterocycles. The highest BCUT2D eigenvalue weighted by molar-refractivity contribution is 5.65. The fraction of sp³-hybridized carbons (Fsp3) is 0.0769. The Kier molecular flexibility index (Phi) is 3.19. The van der Waals surface area contributed by atoms with Crippen molar-refractivity contribution >= 4 is 0 Å². The van der Waals surface area contributed by atoms with Crippen LogP contribution in [0.3, 0.4) is 0 Å². The van der Waals surface area contributed by atoms with Gasteiger partial charge in [0.15, 0.2) is 0 Å². The molecule has 82 valence electrons. The molecule has 0 saturated heterocycles. The highest BCUT2D eigenvalue weighted by Crippen LogP contribution is 2.26. The summed E-state index contributed by atoms with van der Waals surface area (Å²) in [5, 5.41) is 17.9. The minimum absolute atomic E-state index is 0.0213. The lowest BCUT2D eigenvalue weighted by molar-refractivity contribution is -0.253. The number of rotatable bonds is 3. The van der Waals surface area contributed by atoms with Gasteiger partial charge in [-0.15, -0.1) is 0 Å². The first-order valence-electron chi connectivity index (χ1n) is 4.95. The van der Waals surface area contributed by atoms with Gasteiger partial charge in [-0.3, -0.25) is 5.26 Å². The van der Waals surface area contributed by atoms with Crippen LogP contribution in [0, 0.1) is 0 Å². The normalized spacial score (nSPS) is 10.3. The van der Waals surface area contributed by atoms with Crippen LogP contribution in [-0.4, -0.2) is 10.4 Å². The summed E-state index contributed by atoms with van der Waals surface area (Å²) in [6.07, 6.45) is 0. The maximum absolute atomic E-state index is 9.52. The van der Waals surface area contributed by atoms with Crippen LogP contribution in [0.1, 0.15) is 5.56 Å². The second kappa shape index (κ2) is 4.79. The standard InChI is InChI=1S/C13H12O3/c14-13-7-6-11(8-12(13)9-16-15)10-4-2-1-3-5-10/h1-8,14-15H,9H2.